The van der Waals surface area contributed by atoms with Crippen molar-refractivity contribution in [3.05, 3.63) is 0 Å². The molecule has 2 rings (SSSR count). The summed E-state index contributed by atoms with van der Waals surface area (Å²) in [6.07, 6.45) is 1.52. The molecule has 23 heavy (non-hydrogen) atoms. The van der Waals surface area contributed by atoms with Crippen LogP contribution in [0.25, 0.3) is 0 Å². The predicted octanol–water partition coefficient (Wildman–Crippen LogP) is 0.220. The molecule has 8 heteroatoms. The molecule has 0 spiro atoms. The Balaban J connectivity index is 1.79. The molecule has 2 heterocycles. The van der Waals surface area contributed by atoms with E-state index < -0.39 is 9.84 Å². The van der Waals surface area contributed by atoms with Crippen molar-refractivity contribution in [3.8, 4) is 0 Å². The quantitative estimate of drug-likeness (QED) is 0.718. The van der Waals surface area contributed by atoms with Crippen molar-refractivity contribution in [2.45, 2.75) is 38.8 Å². The van der Waals surface area contributed by atoms with Crippen LogP contribution in [0.3, 0.4) is 0 Å². The fraction of sp³-hybridized carbons (Fsp3) is 0.933. The zero-order valence-corrected chi connectivity index (χ0v) is 14.9. The fourth-order valence-corrected chi connectivity index (χ4v) is 4.88. The summed E-state index contributed by atoms with van der Waals surface area (Å²) in [5.41, 5.74) is 0. The van der Waals surface area contributed by atoms with E-state index in [0.717, 1.165) is 32.7 Å². The number of carbonyl (C=O) groups is 1. The number of urea groups is 1. The molecule has 0 aliphatic carbocycles. The van der Waals surface area contributed by atoms with Gasteiger partial charge in [-0.15, -0.1) is 0 Å². The zero-order valence-electron chi connectivity index (χ0n) is 14.1. The number of rotatable bonds is 6. The third-order valence-electron chi connectivity index (χ3n) is 4.37. The van der Waals surface area contributed by atoms with Crippen molar-refractivity contribution in [1.29, 1.82) is 0 Å². The Hall–Kier alpha value is -0.860. The average molecular weight is 347 g/mol. The van der Waals surface area contributed by atoms with Crippen LogP contribution in [0.15, 0.2) is 0 Å². The minimum Gasteiger partial charge on any atom is -0.379 e. The zero-order chi connectivity index (χ0) is 16.9. The second-order valence-electron chi connectivity index (χ2n) is 6.89. The molecular weight excluding hydrogens is 318 g/mol. The maximum atomic E-state index is 12.0. The topological polar surface area (TPSA) is 87.7 Å². The first-order valence-corrected chi connectivity index (χ1v) is 10.2. The Bertz CT molecular complexity index is 489. The van der Waals surface area contributed by atoms with Crippen LogP contribution in [0, 0.1) is 5.92 Å². The lowest BCUT2D eigenvalue weighted by molar-refractivity contribution is 0.0129. The summed E-state index contributed by atoms with van der Waals surface area (Å²) < 4.78 is 28.2. The van der Waals surface area contributed by atoms with E-state index in [1.54, 1.807) is 0 Å². The summed E-state index contributed by atoms with van der Waals surface area (Å²) in [6, 6.07) is -0.238. The first-order valence-electron chi connectivity index (χ1n) is 8.42. The standard InChI is InChI=1S/C15H29N3O4S/c1-12(2)9-14(18-4-6-22-7-5-18)10-16-15(19)17-13-3-8-23(20,21)11-13/h12-14H,3-11H2,1-2H3,(H2,16,17,19)/t13-,14-/m1/s1. The van der Waals surface area contributed by atoms with Gasteiger partial charge >= 0.3 is 6.03 Å². The van der Waals surface area contributed by atoms with Gasteiger partial charge in [0.2, 0.25) is 0 Å². The highest BCUT2D eigenvalue weighted by Gasteiger charge is 2.29. The van der Waals surface area contributed by atoms with E-state index in [1.165, 1.54) is 0 Å². The number of hydrogen-bond acceptors (Lipinski definition) is 5. The second kappa shape index (κ2) is 8.30. The lowest BCUT2D eigenvalue weighted by atomic mass is 10.0. The minimum absolute atomic E-state index is 0.0549. The number of morpholine rings is 1. The number of ether oxygens (including phenoxy) is 1. The van der Waals surface area contributed by atoms with Crippen LogP contribution in [0.4, 0.5) is 4.79 Å². The number of carbonyl (C=O) groups excluding carboxylic acids is 1. The van der Waals surface area contributed by atoms with Gasteiger partial charge in [0.15, 0.2) is 9.84 Å². The summed E-state index contributed by atoms with van der Waals surface area (Å²) in [6.45, 7) is 8.18. The van der Waals surface area contributed by atoms with Crippen LogP contribution in [0.2, 0.25) is 0 Å². The second-order valence-corrected chi connectivity index (χ2v) is 9.11. The molecule has 0 saturated carbocycles. The van der Waals surface area contributed by atoms with Gasteiger partial charge in [-0.05, 0) is 18.8 Å². The maximum Gasteiger partial charge on any atom is 0.315 e. The van der Waals surface area contributed by atoms with Gasteiger partial charge in [-0.3, -0.25) is 4.90 Å². The molecule has 0 radical (unpaired) electrons. The molecule has 2 atom stereocenters. The van der Waals surface area contributed by atoms with Crippen LogP contribution in [-0.4, -0.2) is 75.8 Å². The van der Waals surface area contributed by atoms with Crippen molar-refractivity contribution in [3.63, 3.8) is 0 Å². The van der Waals surface area contributed by atoms with Crippen LogP contribution < -0.4 is 10.6 Å². The monoisotopic (exact) mass is 347 g/mol. The minimum atomic E-state index is -2.97. The molecule has 0 aromatic rings. The SMILES string of the molecule is CC(C)C[C@H](CNC(=O)N[C@@H]1CCS(=O)(=O)C1)N1CCOCC1. The molecule has 0 aromatic heterocycles. The number of amides is 2. The van der Waals surface area contributed by atoms with Crippen LogP contribution >= 0.6 is 0 Å². The summed E-state index contributed by atoms with van der Waals surface area (Å²) in [5, 5.41) is 5.69. The van der Waals surface area contributed by atoms with Gasteiger partial charge in [-0.2, -0.15) is 0 Å². The Kier molecular flexibility index (Phi) is 6.67. The predicted molar refractivity (Wildman–Crippen MR) is 89.2 cm³/mol. The Labute approximate surface area is 139 Å². The van der Waals surface area contributed by atoms with E-state index in [-0.39, 0.29) is 29.6 Å². The highest BCUT2D eigenvalue weighted by atomic mass is 32.2. The average Bonchev–Trinajstić information content (AvgIpc) is 2.83. The summed E-state index contributed by atoms with van der Waals surface area (Å²) in [7, 11) is -2.97. The Morgan fingerprint density at radius 2 is 2.00 bits per heavy atom. The van der Waals surface area contributed by atoms with Crippen LogP contribution in [0.5, 0.6) is 0 Å². The molecule has 2 aliphatic rings. The van der Waals surface area contributed by atoms with Crippen molar-refractivity contribution in [2.75, 3.05) is 44.4 Å². The van der Waals surface area contributed by atoms with Crippen molar-refractivity contribution >= 4 is 15.9 Å². The van der Waals surface area contributed by atoms with Crippen molar-refractivity contribution < 1.29 is 17.9 Å². The molecule has 0 aromatic carbocycles. The van der Waals surface area contributed by atoms with E-state index in [2.05, 4.69) is 29.4 Å². The van der Waals surface area contributed by atoms with Gasteiger partial charge < -0.3 is 15.4 Å². The van der Waals surface area contributed by atoms with Gasteiger partial charge in [0.25, 0.3) is 0 Å². The molecular formula is C15H29N3O4S. The number of hydrogen-bond donors (Lipinski definition) is 2. The summed E-state index contributed by atoms with van der Waals surface area (Å²) in [4.78, 5) is 14.4. The van der Waals surface area contributed by atoms with Gasteiger partial charge in [0.05, 0.1) is 24.7 Å². The number of sulfone groups is 1. The van der Waals surface area contributed by atoms with Gasteiger partial charge in [-0.1, -0.05) is 13.8 Å². The highest BCUT2D eigenvalue weighted by molar-refractivity contribution is 7.91. The van der Waals surface area contributed by atoms with E-state index in [4.69, 9.17) is 4.74 Å². The van der Waals surface area contributed by atoms with E-state index in [1.807, 2.05) is 0 Å². The molecule has 2 amide bonds. The van der Waals surface area contributed by atoms with E-state index in [9.17, 15) is 13.2 Å². The van der Waals surface area contributed by atoms with Crippen molar-refractivity contribution in [1.82, 2.24) is 15.5 Å². The van der Waals surface area contributed by atoms with Gasteiger partial charge in [0.1, 0.15) is 0 Å². The molecule has 134 valence electrons. The molecule has 2 saturated heterocycles. The summed E-state index contributed by atoms with van der Waals surface area (Å²) in [5.74, 6) is 0.772. The first kappa shape index (κ1) is 18.5. The first-order chi connectivity index (χ1) is 10.9. The number of nitrogens with zero attached hydrogens (tertiary/aromatic N) is 1. The van der Waals surface area contributed by atoms with Gasteiger partial charge in [-0.25, -0.2) is 13.2 Å². The normalized spacial score (nSPS) is 26.1. The molecule has 2 fully saturated rings. The Morgan fingerprint density at radius 3 is 2.57 bits per heavy atom. The smallest absolute Gasteiger partial charge is 0.315 e. The molecule has 7 nitrogen and oxygen atoms in total. The van der Waals surface area contributed by atoms with Crippen molar-refractivity contribution in [2.24, 2.45) is 5.92 Å². The lowest BCUT2D eigenvalue weighted by Crippen LogP contribution is -2.51. The fourth-order valence-electron chi connectivity index (χ4n) is 3.20. The Morgan fingerprint density at radius 1 is 1.30 bits per heavy atom. The highest BCUT2D eigenvalue weighted by Crippen LogP contribution is 2.13. The van der Waals surface area contributed by atoms with Gasteiger partial charge in [0, 0.05) is 31.7 Å². The van der Waals surface area contributed by atoms with E-state index in [0.29, 0.717) is 18.9 Å². The maximum absolute atomic E-state index is 12.0. The van der Waals surface area contributed by atoms with Crippen LogP contribution in [0.1, 0.15) is 26.7 Å². The molecule has 2 N–H and O–H groups in total. The lowest BCUT2D eigenvalue weighted by Gasteiger charge is -2.35. The molecule has 0 bridgehead atoms. The third kappa shape index (κ3) is 6.27. The van der Waals surface area contributed by atoms with E-state index >= 15 is 0 Å². The van der Waals surface area contributed by atoms with Crippen LogP contribution in [-0.2, 0) is 14.6 Å². The molecule has 2 aliphatic heterocycles. The summed E-state index contributed by atoms with van der Waals surface area (Å²) >= 11 is 0. The third-order valence-corrected chi connectivity index (χ3v) is 6.14. The molecule has 0 unspecified atom stereocenters. The largest absolute Gasteiger partial charge is 0.379 e. The number of nitrogens with one attached hydrogen (secondary N) is 2.